The fourth-order valence-electron chi connectivity index (χ4n) is 1.37. The molecule has 1 N–H and O–H groups in total. The lowest BCUT2D eigenvalue weighted by molar-refractivity contribution is -0.198. The first-order chi connectivity index (χ1) is 9.54. The van der Waals surface area contributed by atoms with Crippen LogP contribution in [0.3, 0.4) is 0 Å². The molecule has 1 fully saturated rings. The van der Waals surface area contributed by atoms with E-state index in [-0.39, 0.29) is 38.4 Å². The highest BCUT2D eigenvalue weighted by atomic mass is 127. The third-order valence-corrected chi connectivity index (χ3v) is 3.03. The first-order valence-corrected chi connectivity index (χ1v) is 7.54. The van der Waals surface area contributed by atoms with Crippen LogP contribution < -0.4 is 5.32 Å². The van der Waals surface area contributed by atoms with Gasteiger partial charge in [-0.15, -0.1) is 5.06 Å². The van der Waals surface area contributed by atoms with Gasteiger partial charge in [-0.25, -0.2) is 4.79 Å². The van der Waals surface area contributed by atoms with Crippen molar-refractivity contribution in [3.05, 3.63) is 0 Å². The van der Waals surface area contributed by atoms with E-state index in [1.807, 2.05) is 22.6 Å². The number of ether oxygens (including phenoxy) is 1. The predicted octanol–water partition coefficient (Wildman–Crippen LogP) is -0.449. The number of alkyl halides is 1. The zero-order chi connectivity index (χ0) is 15.0. The molecule has 8 nitrogen and oxygen atoms in total. The Kier molecular flexibility index (Phi) is 7.44. The average Bonchev–Trinajstić information content (AvgIpc) is 2.74. The molecule has 3 amide bonds. The molecule has 112 valence electrons. The zero-order valence-corrected chi connectivity index (χ0v) is 12.9. The van der Waals surface area contributed by atoms with Crippen molar-refractivity contribution in [3.63, 3.8) is 0 Å². The molecular formula is C11H15IN2O6. The number of nitrogens with one attached hydrogen (secondary N) is 1. The van der Waals surface area contributed by atoms with Crippen LogP contribution in [0.25, 0.3) is 0 Å². The molecule has 9 heteroatoms. The van der Waals surface area contributed by atoms with Gasteiger partial charge in [-0.3, -0.25) is 14.4 Å². The number of imide groups is 1. The van der Waals surface area contributed by atoms with Crippen LogP contribution in [0.5, 0.6) is 0 Å². The lowest BCUT2D eigenvalue weighted by atomic mass is 10.4. The summed E-state index contributed by atoms with van der Waals surface area (Å²) >= 11 is 1.94. The van der Waals surface area contributed by atoms with E-state index in [0.717, 1.165) is 0 Å². The van der Waals surface area contributed by atoms with Gasteiger partial charge in [0.05, 0.1) is 24.1 Å². The van der Waals surface area contributed by atoms with E-state index < -0.39 is 17.8 Å². The molecule has 0 aromatic heterocycles. The number of hydrogen-bond donors (Lipinski definition) is 1. The van der Waals surface area contributed by atoms with E-state index in [1.165, 1.54) is 0 Å². The number of hydroxylamine groups is 2. The van der Waals surface area contributed by atoms with E-state index in [1.54, 1.807) is 0 Å². The summed E-state index contributed by atoms with van der Waals surface area (Å²) in [5.41, 5.74) is 0. The summed E-state index contributed by atoms with van der Waals surface area (Å²) in [7, 11) is 0. The lowest BCUT2D eigenvalue weighted by Gasteiger charge is -2.12. The van der Waals surface area contributed by atoms with Gasteiger partial charge in [0, 0.05) is 19.4 Å². The van der Waals surface area contributed by atoms with E-state index in [0.29, 0.717) is 16.0 Å². The molecule has 0 saturated carbocycles. The van der Waals surface area contributed by atoms with E-state index in [4.69, 9.17) is 4.74 Å². The van der Waals surface area contributed by atoms with Gasteiger partial charge in [0.25, 0.3) is 11.8 Å². The number of halogens is 1. The normalized spacial score (nSPS) is 14.6. The Morgan fingerprint density at radius 1 is 1.20 bits per heavy atom. The molecule has 0 aromatic rings. The second-order valence-electron chi connectivity index (χ2n) is 3.89. The highest BCUT2D eigenvalue weighted by molar-refractivity contribution is 14.1. The molecule has 1 rings (SSSR count). The lowest BCUT2D eigenvalue weighted by Crippen LogP contribution is -2.32. The van der Waals surface area contributed by atoms with Gasteiger partial charge in [-0.2, -0.15) is 0 Å². The highest BCUT2D eigenvalue weighted by Crippen LogP contribution is 2.12. The topological polar surface area (TPSA) is 102 Å². The number of hydrogen-bond acceptors (Lipinski definition) is 6. The van der Waals surface area contributed by atoms with Crippen LogP contribution in [0.4, 0.5) is 0 Å². The molecule has 1 heterocycles. The molecule has 0 aliphatic carbocycles. The van der Waals surface area contributed by atoms with Crippen molar-refractivity contribution in [2.24, 2.45) is 0 Å². The maximum Gasteiger partial charge on any atom is 0.335 e. The molecule has 0 radical (unpaired) electrons. The van der Waals surface area contributed by atoms with Crippen LogP contribution in [-0.2, 0) is 28.8 Å². The van der Waals surface area contributed by atoms with E-state index in [2.05, 4.69) is 10.2 Å². The van der Waals surface area contributed by atoms with Gasteiger partial charge >= 0.3 is 5.97 Å². The summed E-state index contributed by atoms with van der Waals surface area (Å²) in [5, 5.41) is 3.11. The fraction of sp³-hybridized carbons (Fsp3) is 0.636. The summed E-state index contributed by atoms with van der Waals surface area (Å²) in [6.45, 7) is 0.729. The minimum atomic E-state index is -0.704. The van der Waals surface area contributed by atoms with E-state index in [9.17, 15) is 19.2 Å². The molecule has 0 aromatic carbocycles. The summed E-state index contributed by atoms with van der Waals surface area (Å²) < 4.78 is 5.49. The van der Waals surface area contributed by atoms with Gasteiger partial charge < -0.3 is 14.9 Å². The van der Waals surface area contributed by atoms with E-state index >= 15 is 0 Å². The number of nitrogens with zero attached hydrogens (tertiary/aromatic N) is 1. The second-order valence-corrected chi connectivity index (χ2v) is 4.65. The van der Waals surface area contributed by atoms with Crippen LogP contribution >= 0.6 is 22.6 Å². The smallest absolute Gasteiger partial charge is 0.335 e. The minimum Gasteiger partial charge on any atom is -0.379 e. The average molecular weight is 398 g/mol. The predicted molar refractivity (Wildman–Crippen MR) is 74.5 cm³/mol. The standard InChI is InChI=1S/C11H15IN2O6/c12-7-8(15)13-4-6-19-5-3-11(18)20-14-9(16)1-2-10(14)17/h1-7H2,(H,13,15). The molecular weight excluding hydrogens is 383 g/mol. The van der Waals surface area contributed by atoms with Crippen molar-refractivity contribution in [2.45, 2.75) is 19.3 Å². The Labute approximate surface area is 129 Å². The third kappa shape index (κ3) is 5.82. The maximum atomic E-state index is 11.4. The van der Waals surface area contributed by atoms with Crippen molar-refractivity contribution in [1.29, 1.82) is 0 Å². The third-order valence-electron chi connectivity index (χ3n) is 2.34. The van der Waals surface area contributed by atoms with Crippen molar-refractivity contribution >= 4 is 46.3 Å². The summed E-state index contributed by atoms with van der Waals surface area (Å²) in [4.78, 5) is 49.3. The second kappa shape index (κ2) is 8.84. The van der Waals surface area contributed by atoms with Crippen molar-refractivity contribution in [2.75, 3.05) is 24.2 Å². The SMILES string of the molecule is O=C(CI)NCCOCCC(=O)ON1C(=O)CCC1=O. The number of carbonyl (C=O) groups is 4. The summed E-state index contributed by atoms with van der Waals surface area (Å²) in [6, 6.07) is 0. The Morgan fingerprint density at radius 3 is 2.45 bits per heavy atom. The Hall–Kier alpha value is -1.23. The summed E-state index contributed by atoms with van der Waals surface area (Å²) in [6.07, 6.45) is 0.0650. The van der Waals surface area contributed by atoms with Crippen LogP contribution in [0, 0.1) is 0 Å². The largest absolute Gasteiger partial charge is 0.379 e. The fourth-order valence-corrected chi connectivity index (χ4v) is 1.64. The quantitative estimate of drug-likeness (QED) is 0.257. The first kappa shape index (κ1) is 16.8. The highest BCUT2D eigenvalue weighted by Gasteiger charge is 2.32. The Balaban J connectivity index is 2.07. The monoisotopic (exact) mass is 398 g/mol. The maximum absolute atomic E-state index is 11.4. The molecule has 0 atom stereocenters. The molecule has 0 spiro atoms. The van der Waals surface area contributed by atoms with Crippen molar-refractivity contribution in [1.82, 2.24) is 10.4 Å². The van der Waals surface area contributed by atoms with Gasteiger partial charge in [-0.05, 0) is 0 Å². The van der Waals surface area contributed by atoms with Crippen molar-refractivity contribution < 1.29 is 28.8 Å². The molecule has 1 saturated heterocycles. The van der Waals surface area contributed by atoms with Gasteiger partial charge in [0.15, 0.2) is 0 Å². The van der Waals surface area contributed by atoms with Gasteiger partial charge in [-0.1, -0.05) is 22.6 Å². The molecule has 20 heavy (non-hydrogen) atoms. The number of carbonyl (C=O) groups excluding carboxylic acids is 4. The number of rotatable bonds is 8. The number of amides is 3. The molecule has 1 aliphatic heterocycles. The Morgan fingerprint density at radius 2 is 1.85 bits per heavy atom. The minimum absolute atomic E-state index is 0.0686. The van der Waals surface area contributed by atoms with Crippen LogP contribution in [-0.4, -0.2) is 52.9 Å². The molecule has 1 aliphatic rings. The molecule has 0 unspecified atom stereocenters. The van der Waals surface area contributed by atoms with Crippen LogP contribution in [0.15, 0.2) is 0 Å². The van der Waals surface area contributed by atoms with Gasteiger partial charge in [0.2, 0.25) is 5.91 Å². The van der Waals surface area contributed by atoms with Gasteiger partial charge in [0.1, 0.15) is 0 Å². The molecule has 0 bridgehead atoms. The van der Waals surface area contributed by atoms with Crippen LogP contribution in [0.2, 0.25) is 0 Å². The first-order valence-electron chi connectivity index (χ1n) is 6.01. The zero-order valence-electron chi connectivity index (χ0n) is 10.7. The van der Waals surface area contributed by atoms with Crippen LogP contribution in [0.1, 0.15) is 19.3 Å². The van der Waals surface area contributed by atoms with Crippen molar-refractivity contribution in [3.8, 4) is 0 Å². The Bertz CT molecular complexity index is 384. The summed E-state index contributed by atoms with van der Waals surface area (Å²) in [5.74, 6) is -1.80.